The van der Waals surface area contributed by atoms with Gasteiger partial charge in [0.15, 0.2) is 0 Å². The van der Waals surface area contributed by atoms with Gasteiger partial charge in [-0.2, -0.15) is 0 Å². The van der Waals surface area contributed by atoms with Gasteiger partial charge < -0.3 is 21.1 Å². The van der Waals surface area contributed by atoms with Crippen molar-refractivity contribution in [3.05, 3.63) is 129 Å². The average molecular weight is 665 g/mol. The highest BCUT2D eigenvalue weighted by atomic mass is 79.9. The number of hydrogen-bond acceptors (Lipinski definition) is 5. The molecule has 4 rings (SSSR count). The van der Waals surface area contributed by atoms with Gasteiger partial charge in [0.05, 0.1) is 22.0 Å². The van der Waals surface area contributed by atoms with Crippen molar-refractivity contribution in [2.24, 2.45) is 0 Å². The Labute approximate surface area is 259 Å². The lowest BCUT2D eigenvalue weighted by Crippen LogP contribution is -2.30. The summed E-state index contributed by atoms with van der Waals surface area (Å²) < 4.78 is 0.880. The molecule has 0 fully saturated rings. The maximum atomic E-state index is 13.2. The van der Waals surface area contributed by atoms with E-state index in [1.54, 1.807) is 60.7 Å². The van der Waals surface area contributed by atoms with Crippen LogP contribution in [0.25, 0.3) is 6.08 Å². The molecule has 11 heteroatoms. The Morgan fingerprint density at radius 1 is 0.833 bits per heavy atom. The Morgan fingerprint density at radius 3 is 2.19 bits per heavy atom. The van der Waals surface area contributed by atoms with E-state index in [4.69, 9.17) is 16.7 Å². The molecule has 4 N–H and O–H groups in total. The van der Waals surface area contributed by atoms with Gasteiger partial charge in [-0.3, -0.25) is 14.4 Å². The Bertz CT molecular complexity index is 1650. The number of benzene rings is 4. The van der Waals surface area contributed by atoms with E-state index < -0.39 is 17.8 Å². The lowest BCUT2D eigenvalue weighted by atomic mass is 10.1. The van der Waals surface area contributed by atoms with Gasteiger partial charge in [-0.15, -0.1) is 11.8 Å². The highest BCUT2D eigenvalue weighted by molar-refractivity contribution is 9.10. The number of rotatable bonds is 10. The third-order valence-corrected chi connectivity index (χ3v) is 7.55. The largest absolute Gasteiger partial charge is 0.478 e. The van der Waals surface area contributed by atoms with Gasteiger partial charge in [0, 0.05) is 20.6 Å². The van der Waals surface area contributed by atoms with Crippen LogP contribution >= 0.6 is 39.3 Å². The fourth-order valence-corrected chi connectivity index (χ4v) is 4.72. The number of anilines is 2. The van der Waals surface area contributed by atoms with E-state index in [-0.39, 0.29) is 33.6 Å². The summed E-state index contributed by atoms with van der Waals surface area (Å²) in [4.78, 5) is 50.4. The zero-order valence-electron chi connectivity index (χ0n) is 21.8. The first-order valence-corrected chi connectivity index (χ1v) is 14.5. The van der Waals surface area contributed by atoms with E-state index >= 15 is 0 Å². The number of aromatic carboxylic acids is 1. The number of carbonyl (C=O) groups is 4. The molecule has 0 saturated carbocycles. The van der Waals surface area contributed by atoms with Crippen molar-refractivity contribution < 1.29 is 24.3 Å². The van der Waals surface area contributed by atoms with Crippen molar-refractivity contribution in [1.82, 2.24) is 5.32 Å². The Balaban J connectivity index is 1.39. The van der Waals surface area contributed by atoms with Crippen LogP contribution in [-0.2, 0) is 9.59 Å². The minimum absolute atomic E-state index is 0.00876. The Hall–Kier alpha value is -4.38. The van der Waals surface area contributed by atoms with Crippen molar-refractivity contribution in [1.29, 1.82) is 0 Å². The van der Waals surface area contributed by atoms with Crippen molar-refractivity contribution in [2.75, 3.05) is 16.4 Å². The molecule has 0 aliphatic rings. The van der Waals surface area contributed by atoms with Crippen LogP contribution in [0.3, 0.4) is 0 Å². The molecule has 0 radical (unpaired) electrons. The molecule has 0 unspecified atom stereocenters. The minimum Gasteiger partial charge on any atom is -0.478 e. The molecular formula is C31H23BrClN3O5S. The zero-order valence-corrected chi connectivity index (χ0v) is 24.9. The summed E-state index contributed by atoms with van der Waals surface area (Å²) in [6, 6.07) is 26.8. The highest BCUT2D eigenvalue weighted by Crippen LogP contribution is 2.25. The predicted molar refractivity (Wildman–Crippen MR) is 169 cm³/mol. The van der Waals surface area contributed by atoms with Gasteiger partial charge in [-0.25, -0.2) is 4.79 Å². The van der Waals surface area contributed by atoms with E-state index in [0.29, 0.717) is 11.3 Å². The SMILES string of the molecule is O=C(CSc1ccc(NC(=O)/C(=C/c2ccc(Br)cc2)NC(=O)c2ccccc2)cc1)Nc1cc(C(=O)O)ccc1Cl. The number of halogens is 2. The Kier molecular flexibility index (Phi) is 10.6. The molecule has 4 aromatic carbocycles. The van der Waals surface area contributed by atoms with Crippen molar-refractivity contribution in [3.63, 3.8) is 0 Å². The lowest BCUT2D eigenvalue weighted by Gasteiger charge is -2.12. The first kappa shape index (κ1) is 30.6. The van der Waals surface area contributed by atoms with Crippen LogP contribution in [0.1, 0.15) is 26.3 Å². The summed E-state index contributed by atoms with van der Waals surface area (Å²) in [5.74, 6) is -2.38. The summed E-state index contributed by atoms with van der Waals surface area (Å²) in [6.45, 7) is 0. The van der Waals surface area contributed by atoms with Crippen LogP contribution in [0.15, 0.2) is 112 Å². The van der Waals surface area contributed by atoms with Crippen LogP contribution in [0.2, 0.25) is 5.02 Å². The smallest absolute Gasteiger partial charge is 0.335 e. The summed E-state index contributed by atoms with van der Waals surface area (Å²) in [5, 5.41) is 17.5. The molecular weight excluding hydrogens is 642 g/mol. The highest BCUT2D eigenvalue weighted by Gasteiger charge is 2.16. The summed E-state index contributed by atoms with van der Waals surface area (Å²) >= 11 is 10.7. The topological polar surface area (TPSA) is 125 Å². The molecule has 0 aromatic heterocycles. The molecule has 42 heavy (non-hydrogen) atoms. The number of amides is 3. The van der Waals surface area contributed by atoms with Crippen LogP contribution in [0, 0.1) is 0 Å². The number of carboxylic acid groups (broad SMARTS) is 1. The van der Waals surface area contributed by atoms with Crippen LogP contribution < -0.4 is 16.0 Å². The van der Waals surface area contributed by atoms with Gasteiger partial charge >= 0.3 is 5.97 Å². The number of carboxylic acids is 1. The van der Waals surface area contributed by atoms with E-state index in [9.17, 15) is 19.2 Å². The van der Waals surface area contributed by atoms with E-state index in [2.05, 4.69) is 31.9 Å². The second-order valence-corrected chi connectivity index (χ2v) is 11.1. The molecule has 8 nitrogen and oxygen atoms in total. The molecule has 0 spiro atoms. The number of nitrogens with one attached hydrogen (secondary N) is 3. The summed E-state index contributed by atoms with van der Waals surface area (Å²) in [5.41, 5.74) is 1.90. The Morgan fingerprint density at radius 2 is 1.52 bits per heavy atom. The summed E-state index contributed by atoms with van der Waals surface area (Å²) in [6.07, 6.45) is 1.59. The molecule has 212 valence electrons. The second-order valence-electron chi connectivity index (χ2n) is 8.74. The molecule has 0 aliphatic heterocycles. The average Bonchev–Trinajstić information content (AvgIpc) is 2.99. The van der Waals surface area contributed by atoms with E-state index in [1.807, 2.05) is 24.3 Å². The lowest BCUT2D eigenvalue weighted by molar-refractivity contribution is -0.114. The molecule has 4 aromatic rings. The van der Waals surface area contributed by atoms with E-state index in [1.165, 1.54) is 30.0 Å². The zero-order chi connectivity index (χ0) is 30.1. The normalized spacial score (nSPS) is 11.0. The van der Waals surface area contributed by atoms with Crippen molar-refractivity contribution in [2.45, 2.75) is 4.90 Å². The predicted octanol–water partition coefficient (Wildman–Crippen LogP) is 6.94. The van der Waals surface area contributed by atoms with Crippen molar-refractivity contribution in [3.8, 4) is 0 Å². The monoisotopic (exact) mass is 663 g/mol. The van der Waals surface area contributed by atoms with Crippen molar-refractivity contribution >= 4 is 80.4 Å². The first-order valence-electron chi connectivity index (χ1n) is 12.4. The molecule has 0 saturated heterocycles. The van der Waals surface area contributed by atoms with Crippen LogP contribution in [0.4, 0.5) is 11.4 Å². The van der Waals surface area contributed by atoms with Gasteiger partial charge in [0.25, 0.3) is 11.8 Å². The molecule has 0 heterocycles. The molecule has 0 bridgehead atoms. The van der Waals surface area contributed by atoms with Gasteiger partial charge in [0.1, 0.15) is 5.70 Å². The first-order chi connectivity index (χ1) is 20.2. The minimum atomic E-state index is -1.13. The van der Waals surface area contributed by atoms with Crippen LogP contribution in [-0.4, -0.2) is 34.6 Å². The number of thioether (sulfide) groups is 1. The van der Waals surface area contributed by atoms with Gasteiger partial charge in [-0.05, 0) is 78.4 Å². The molecule has 3 amide bonds. The fourth-order valence-electron chi connectivity index (χ4n) is 3.59. The summed E-state index contributed by atoms with van der Waals surface area (Å²) in [7, 11) is 0. The second kappa shape index (κ2) is 14.5. The quantitative estimate of drug-likeness (QED) is 0.108. The number of carbonyl (C=O) groups excluding carboxylic acids is 3. The maximum absolute atomic E-state index is 13.2. The van der Waals surface area contributed by atoms with Gasteiger partial charge in [-0.1, -0.05) is 57.9 Å². The van der Waals surface area contributed by atoms with E-state index in [0.717, 1.165) is 14.9 Å². The van der Waals surface area contributed by atoms with Crippen LogP contribution in [0.5, 0.6) is 0 Å². The van der Waals surface area contributed by atoms with Gasteiger partial charge in [0.2, 0.25) is 5.91 Å². The fraction of sp³-hybridized carbons (Fsp3) is 0.0323. The maximum Gasteiger partial charge on any atom is 0.335 e. The molecule has 0 atom stereocenters. The third-order valence-electron chi connectivity index (χ3n) is 5.68. The number of hydrogen-bond donors (Lipinski definition) is 4. The third kappa shape index (κ3) is 8.81. The molecule has 0 aliphatic carbocycles. The standard InChI is InChI=1S/C31H23BrClN3O5S/c32-22-9-6-19(7-10-22)16-27(36-29(38)20-4-2-1-3-5-20)30(39)34-23-11-13-24(14-12-23)42-18-28(37)35-26-17-21(31(40)41)8-15-25(26)33/h1-17H,18H2,(H,34,39)(H,35,37)(H,36,38)(H,40,41)/b27-16-.